The number of aliphatic hydroxyl groups excluding tert-OH is 1. The number of halogens is 1. The SMILES string of the molecule is O=C(Nc1cccc(-c2cn3ccnc3c(NCc3ccncc3)n2)c1)Nc1cc(Cl)ccc1OCCO. The second-order valence-electron chi connectivity index (χ2n) is 8.21. The zero-order valence-electron chi connectivity index (χ0n) is 20.1. The van der Waals surface area contributed by atoms with Crippen LogP contribution in [0.1, 0.15) is 5.56 Å². The number of nitrogens with one attached hydrogen (secondary N) is 3. The second kappa shape index (κ2) is 11.6. The van der Waals surface area contributed by atoms with Gasteiger partial charge in [0.25, 0.3) is 0 Å². The van der Waals surface area contributed by atoms with E-state index in [0.29, 0.717) is 45.9 Å². The number of pyridine rings is 1. The number of urea groups is 1. The quantitative estimate of drug-likeness (QED) is 0.210. The van der Waals surface area contributed by atoms with Crippen LogP contribution in [0.5, 0.6) is 5.75 Å². The van der Waals surface area contributed by atoms with Gasteiger partial charge in [-0.2, -0.15) is 0 Å². The van der Waals surface area contributed by atoms with Gasteiger partial charge in [-0.1, -0.05) is 23.7 Å². The normalized spacial score (nSPS) is 10.8. The van der Waals surface area contributed by atoms with Crippen LogP contribution in [-0.4, -0.2) is 43.7 Å². The van der Waals surface area contributed by atoms with Crippen LogP contribution in [0.4, 0.5) is 22.0 Å². The number of carbonyl (C=O) groups excluding carboxylic acids is 1. The van der Waals surface area contributed by atoms with Crippen molar-refractivity contribution >= 4 is 40.5 Å². The monoisotopic (exact) mass is 529 g/mol. The summed E-state index contributed by atoms with van der Waals surface area (Å²) in [6.45, 7) is 0.505. The molecule has 0 fully saturated rings. The van der Waals surface area contributed by atoms with Gasteiger partial charge in [0, 0.05) is 53.8 Å². The van der Waals surface area contributed by atoms with Crippen molar-refractivity contribution in [3.05, 3.63) is 96.2 Å². The number of aliphatic hydroxyl groups is 1. The van der Waals surface area contributed by atoms with E-state index in [-0.39, 0.29) is 13.2 Å². The second-order valence-corrected chi connectivity index (χ2v) is 8.65. The smallest absolute Gasteiger partial charge is 0.323 e. The number of benzene rings is 2. The zero-order chi connectivity index (χ0) is 26.3. The van der Waals surface area contributed by atoms with Crippen molar-refractivity contribution in [2.45, 2.75) is 6.54 Å². The summed E-state index contributed by atoms with van der Waals surface area (Å²) in [4.78, 5) is 26.0. The van der Waals surface area contributed by atoms with E-state index in [2.05, 4.69) is 25.9 Å². The molecular formula is C27H24ClN7O3. The molecule has 3 aromatic heterocycles. The molecule has 0 bridgehead atoms. The molecule has 5 rings (SSSR count). The molecule has 2 aromatic carbocycles. The van der Waals surface area contributed by atoms with Gasteiger partial charge in [-0.15, -0.1) is 0 Å². The van der Waals surface area contributed by atoms with Gasteiger partial charge in [-0.05, 0) is 48.0 Å². The van der Waals surface area contributed by atoms with Crippen molar-refractivity contribution in [3.63, 3.8) is 0 Å². The first-order chi connectivity index (χ1) is 18.6. The highest BCUT2D eigenvalue weighted by atomic mass is 35.5. The van der Waals surface area contributed by atoms with Crippen molar-refractivity contribution in [2.75, 3.05) is 29.2 Å². The predicted molar refractivity (Wildman–Crippen MR) is 147 cm³/mol. The van der Waals surface area contributed by atoms with Crippen molar-refractivity contribution in [2.24, 2.45) is 0 Å². The molecule has 5 aromatic rings. The number of aromatic nitrogens is 4. The summed E-state index contributed by atoms with van der Waals surface area (Å²) in [7, 11) is 0. The number of ether oxygens (including phenoxy) is 1. The van der Waals surface area contributed by atoms with Gasteiger partial charge in [0.15, 0.2) is 11.5 Å². The molecule has 0 aliphatic heterocycles. The molecule has 0 aliphatic carbocycles. The number of imidazole rings is 1. The number of carbonyl (C=O) groups is 1. The maximum atomic E-state index is 12.8. The number of amides is 2. The number of nitrogens with zero attached hydrogens (tertiary/aromatic N) is 4. The summed E-state index contributed by atoms with van der Waals surface area (Å²) in [5, 5.41) is 18.4. The number of hydrogen-bond acceptors (Lipinski definition) is 7. The molecule has 0 unspecified atom stereocenters. The Morgan fingerprint density at radius 1 is 1.05 bits per heavy atom. The van der Waals surface area contributed by atoms with Crippen molar-refractivity contribution in [1.29, 1.82) is 0 Å². The lowest BCUT2D eigenvalue weighted by atomic mass is 10.1. The third kappa shape index (κ3) is 6.00. The van der Waals surface area contributed by atoms with Crippen LogP contribution in [0, 0.1) is 0 Å². The van der Waals surface area contributed by atoms with E-state index >= 15 is 0 Å². The van der Waals surface area contributed by atoms with Gasteiger partial charge in [-0.3, -0.25) is 4.98 Å². The lowest BCUT2D eigenvalue weighted by Gasteiger charge is -2.14. The first kappa shape index (κ1) is 25.0. The molecule has 192 valence electrons. The number of rotatable bonds is 9. The zero-order valence-corrected chi connectivity index (χ0v) is 20.9. The van der Waals surface area contributed by atoms with Crippen molar-refractivity contribution in [1.82, 2.24) is 19.4 Å². The van der Waals surface area contributed by atoms with E-state index in [9.17, 15) is 4.79 Å². The van der Waals surface area contributed by atoms with Crippen LogP contribution in [0.15, 0.2) is 85.6 Å². The minimum atomic E-state index is -0.476. The maximum absolute atomic E-state index is 12.8. The van der Waals surface area contributed by atoms with E-state index in [1.165, 1.54) is 0 Å². The Bertz CT molecular complexity index is 1560. The molecule has 0 saturated carbocycles. The van der Waals surface area contributed by atoms with Crippen molar-refractivity contribution in [3.8, 4) is 17.0 Å². The largest absolute Gasteiger partial charge is 0.489 e. The molecule has 10 nitrogen and oxygen atoms in total. The Morgan fingerprint density at radius 3 is 2.76 bits per heavy atom. The van der Waals surface area contributed by atoms with Gasteiger partial charge < -0.3 is 30.2 Å². The third-order valence-electron chi connectivity index (χ3n) is 5.54. The van der Waals surface area contributed by atoms with Gasteiger partial charge >= 0.3 is 6.03 Å². The van der Waals surface area contributed by atoms with Crippen LogP contribution in [0.25, 0.3) is 16.9 Å². The first-order valence-electron chi connectivity index (χ1n) is 11.8. The van der Waals surface area contributed by atoms with Gasteiger partial charge in [0.1, 0.15) is 12.4 Å². The summed E-state index contributed by atoms with van der Waals surface area (Å²) < 4.78 is 7.38. The minimum Gasteiger partial charge on any atom is -0.489 e. The fourth-order valence-electron chi connectivity index (χ4n) is 3.80. The molecule has 2 amide bonds. The Morgan fingerprint density at radius 2 is 1.92 bits per heavy atom. The van der Waals surface area contributed by atoms with E-state index in [4.69, 9.17) is 26.4 Å². The molecule has 0 radical (unpaired) electrons. The Labute approximate surface area is 223 Å². The van der Waals surface area contributed by atoms with Gasteiger partial charge in [0.2, 0.25) is 0 Å². The molecule has 3 heterocycles. The van der Waals surface area contributed by atoms with Gasteiger partial charge in [0.05, 0.1) is 18.0 Å². The standard InChI is InChI=1S/C27H24ClN7O3/c28-20-4-5-24(38-13-12-36)22(15-20)34-27(37)32-21-3-1-2-19(14-21)23-17-35-11-10-30-26(35)25(33-23)31-16-18-6-8-29-9-7-18/h1-11,14-15,17,36H,12-13,16H2,(H,31,33)(H2,32,34,37). The van der Waals surface area contributed by atoms with E-state index in [1.807, 2.05) is 47.1 Å². The topological polar surface area (TPSA) is 126 Å². The summed E-state index contributed by atoms with van der Waals surface area (Å²) in [6.07, 6.45) is 8.95. The average Bonchev–Trinajstić information content (AvgIpc) is 3.41. The molecule has 0 saturated heterocycles. The fourth-order valence-corrected chi connectivity index (χ4v) is 3.97. The van der Waals surface area contributed by atoms with E-state index in [1.54, 1.807) is 42.9 Å². The van der Waals surface area contributed by atoms with Crippen LogP contribution >= 0.6 is 11.6 Å². The maximum Gasteiger partial charge on any atom is 0.323 e. The van der Waals surface area contributed by atoms with E-state index < -0.39 is 6.03 Å². The summed E-state index contributed by atoms with van der Waals surface area (Å²) in [5.41, 5.74) is 4.23. The lowest BCUT2D eigenvalue weighted by molar-refractivity contribution is 0.202. The van der Waals surface area contributed by atoms with Crippen LogP contribution in [-0.2, 0) is 6.54 Å². The molecule has 11 heteroatoms. The fraction of sp³-hybridized carbons (Fsp3) is 0.111. The molecule has 38 heavy (non-hydrogen) atoms. The highest BCUT2D eigenvalue weighted by molar-refractivity contribution is 6.31. The number of anilines is 3. The first-order valence-corrected chi connectivity index (χ1v) is 12.1. The molecule has 0 aliphatic rings. The highest BCUT2D eigenvalue weighted by Gasteiger charge is 2.12. The van der Waals surface area contributed by atoms with Crippen LogP contribution < -0.4 is 20.7 Å². The summed E-state index contributed by atoms with van der Waals surface area (Å²) >= 11 is 6.09. The summed E-state index contributed by atoms with van der Waals surface area (Å²) in [5.74, 6) is 1.04. The summed E-state index contributed by atoms with van der Waals surface area (Å²) in [6, 6.07) is 15.6. The molecular weight excluding hydrogens is 506 g/mol. The number of fused-ring (bicyclic) bond motifs is 1. The average molecular weight is 530 g/mol. The Kier molecular flexibility index (Phi) is 7.62. The highest BCUT2D eigenvalue weighted by Crippen LogP contribution is 2.29. The number of hydrogen-bond donors (Lipinski definition) is 4. The minimum absolute atomic E-state index is 0.0909. The molecule has 0 atom stereocenters. The Hall–Kier alpha value is -4.67. The Balaban J connectivity index is 1.34. The lowest BCUT2D eigenvalue weighted by Crippen LogP contribution is -2.20. The van der Waals surface area contributed by atoms with Crippen molar-refractivity contribution < 1.29 is 14.6 Å². The van der Waals surface area contributed by atoms with Gasteiger partial charge in [-0.25, -0.2) is 14.8 Å². The van der Waals surface area contributed by atoms with Crippen LogP contribution in [0.2, 0.25) is 5.02 Å². The molecule has 0 spiro atoms. The predicted octanol–water partition coefficient (Wildman–Crippen LogP) is 5.07. The third-order valence-corrected chi connectivity index (χ3v) is 5.77. The van der Waals surface area contributed by atoms with Crippen LogP contribution in [0.3, 0.4) is 0 Å². The molecule has 4 N–H and O–H groups in total. The van der Waals surface area contributed by atoms with E-state index in [0.717, 1.165) is 11.1 Å².